The third-order valence-electron chi connectivity index (χ3n) is 2.85. The van der Waals surface area contributed by atoms with Crippen molar-refractivity contribution in [1.82, 2.24) is 0 Å². The first-order valence-corrected chi connectivity index (χ1v) is 5.69. The predicted molar refractivity (Wildman–Crippen MR) is 71.6 cm³/mol. The van der Waals surface area contributed by atoms with Crippen molar-refractivity contribution in [2.24, 2.45) is 16.5 Å². The number of Topliss-reactive ketones (excluding diaryl/α,β-unsaturated/α-hetero) is 1. The fourth-order valence-corrected chi connectivity index (χ4v) is 1.95. The summed E-state index contributed by atoms with van der Waals surface area (Å²) >= 11 is 0. The second kappa shape index (κ2) is 5.53. The number of nitrogens with zero attached hydrogens (tertiary/aromatic N) is 1. The lowest BCUT2D eigenvalue weighted by Gasteiger charge is -2.14. The van der Waals surface area contributed by atoms with Crippen LogP contribution >= 0.6 is 0 Å². The van der Waals surface area contributed by atoms with Gasteiger partial charge in [-0.3, -0.25) is 4.79 Å². The van der Waals surface area contributed by atoms with E-state index in [0.29, 0.717) is 6.42 Å². The van der Waals surface area contributed by atoms with Gasteiger partial charge in [0.25, 0.3) is 0 Å². The van der Waals surface area contributed by atoms with Crippen molar-refractivity contribution in [3.8, 4) is 5.75 Å². The van der Waals surface area contributed by atoms with E-state index in [4.69, 9.17) is 11.5 Å². The van der Waals surface area contributed by atoms with Crippen LogP contribution in [0.4, 0.5) is 0 Å². The van der Waals surface area contributed by atoms with Crippen molar-refractivity contribution in [3.05, 3.63) is 28.8 Å². The zero-order valence-corrected chi connectivity index (χ0v) is 10.9. The van der Waals surface area contributed by atoms with Crippen LogP contribution in [0, 0.1) is 13.8 Å². The predicted octanol–water partition coefficient (Wildman–Crippen LogP) is 0.783. The van der Waals surface area contributed by atoms with Crippen molar-refractivity contribution in [2.75, 3.05) is 0 Å². The minimum Gasteiger partial charge on any atom is -0.508 e. The fraction of sp³-hybridized carbons (Fsp3) is 0.385. The molecule has 0 spiro atoms. The molecule has 0 saturated heterocycles. The fourth-order valence-electron chi connectivity index (χ4n) is 1.95. The Kier molecular flexibility index (Phi) is 4.31. The summed E-state index contributed by atoms with van der Waals surface area (Å²) in [4.78, 5) is 15.4. The highest BCUT2D eigenvalue weighted by Crippen LogP contribution is 2.22. The van der Waals surface area contributed by atoms with E-state index in [9.17, 15) is 9.90 Å². The van der Waals surface area contributed by atoms with Gasteiger partial charge in [0.1, 0.15) is 11.8 Å². The molecule has 1 rings (SSSR count). The summed E-state index contributed by atoms with van der Waals surface area (Å²) < 4.78 is 0. The minimum absolute atomic E-state index is 0.0877. The summed E-state index contributed by atoms with van der Waals surface area (Å²) in [5, 5.41) is 9.47. The van der Waals surface area contributed by atoms with Crippen LogP contribution in [-0.2, 0) is 11.2 Å². The Hall–Kier alpha value is -2.04. The van der Waals surface area contributed by atoms with E-state index in [0.717, 1.165) is 16.7 Å². The summed E-state index contributed by atoms with van der Waals surface area (Å²) in [6, 6.07) is 2.75. The Morgan fingerprint density at radius 3 is 2.22 bits per heavy atom. The molecule has 98 valence electrons. The number of phenolic OH excluding ortho intramolecular Hbond substituents is 1. The van der Waals surface area contributed by atoms with E-state index in [1.807, 2.05) is 13.8 Å². The lowest BCUT2D eigenvalue weighted by atomic mass is 9.95. The first-order chi connectivity index (χ1) is 8.31. The monoisotopic (exact) mass is 249 g/mol. The van der Waals surface area contributed by atoms with Gasteiger partial charge in [0.2, 0.25) is 0 Å². The highest BCUT2D eigenvalue weighted by atomic mass is 16.3. The summed E-state index contributed by atoms with van der Waals surface area (Å²) in [6.07, 6.45) is 0.436. The maximum absolute atomic E-state index is 11.5. The molecule has 1 aromatic carbocycles. The van der Waals surface area contributed by atoms with Gasteiger partial charge in [-0.15, -0.1) is 0 Å². The van der Waals surface area contributed by atoms with Crippen LogP contribution < -0.4 is 11.5 Å². The van der Waals surface area contributed by atoms with E-state index < -0.39 is 6.04 Å². The maximum Gasteiger partial charge on any atom is 0.186 e. The first kappa shape index (κ1) is 14.0. The number of aryl methyl sites for hydroxylation is 2. The molecule has 5 N–H and O–H groups in total. The number of rotatable bonds is 4. The molecule has 0 heterocycles. The number of hydrogen-bond donors (Lipinski definition) is 3. The van der Waals surface area contributed by atoms with Gasteiger partial charge in [0.15, 0.2) is 11.7 Å². The maximum atomic E-state index is 11.5. The molecular formula is C13H19N3O2. The number of guanidine groups is 1. The molecule has 1 unspecified atom stereocenters. The Morgan fingerprint density at radius 2 is 1.83 bits per heavy atom. The van der Waals surface area contributed by atoms with Gasteiger partial charge in [-0.2, -0.15) is 0 Å². The van der Waals surface area contributed by atoms with Gasteiger partial charge < -0.3 is 16.6 Å². The molecular weight excluding hydrogens is 230 g/mol. The SMILES string of the molecule is CC(=O)C(Cc1c(C)cc(O)cc1C)N=C(N)N. The quantitative estimate of drug-likeness (QED) is 0.542. The van der Waals surface area contributed by atoms with E-state index in [1.165, 1.54) is 6.92 Å². The zero-order valence-electron chi connectivity index (χ0n) is 10.9. The van der Waals surface area contributed by atoms with Crippen LogP contribution in [0.25, 0.3) is 0 Å². The number of phenols is 1. The molecule has 1 aromatic rings. The molecule has 5 heteroatoms. The molecule has 5 nitrogen and oxygen atoms in total. The van der Waals surface area contributed by atoms with E-state index >= 15 is 0 Å². The number of nitrogens with two attached hydrogens (primary N) is 2. The number of ketones is 1. The van der Waals surface area contributed by atoms with Crippen molar-refractivity contribution < 1.29 is 9.90 Å². The van der Waals surface area contributed by atoms with Crippen molar-refractivity contribution in [3.63, 3.8) is 0 Å². The largest absolute Gasteiger partial charge is 0.508 e. The lowest BCUT2D eigenvalue weighted by Crippen LogP contribution is -2.29. The molecule has 0 fully saturated rings. The van der Waals surface area contributed by atoms with Crippen LogP contribution in [0.1, 0.15) is 23.6 Å². The second-order valence-corrected chi connectivity index (χ2v) is 4.44. The Balaban J connectivity index is 3.09. The summed E-state index contributed by atoms with van der Waals surface area (Å²) in [5.74, 6) is 0.0366. The van der Waals surface area contributed by atoms with Gasteiger partial charge in [-0.05, 0) is 49.6 Å². The van der Waals surface area contributed by atoms with Gasteiger partial charge in [0, 0.05) is 6.42 Å². The van der Waals surface area contributed by atoms with Crippen LogP contribution in [0.2, 0.25) is 0 Å². The van der Waals surface area contributed by atoms with Crippen LogP contribution in [0.3, 0.4) is 0 Å². The van der Waals surface area contributed by atoms with E-state index in [2.05, 4.69) is 4.99 Å². The summed E-state index contributed by atoms with van der Waals surface area (Å²) in [7, 11) is 0. The Morgan fingerprint density at radius 1 is 1.33 bits per heavy atom. The molecule has 0 radical (unpaired) electrons. The molecule has 0 bridgehead atoms. The van der Waals surface area contributed by atoms with E-state index in [-0.39, 0.29) is 17.5 Å². The molecule has 18 heavy (non-hydrogen) atoms. The zero-order chi connectivity index (χ0) is 13.9. The van der Waals surface area contributed by atoms with Gasteiger partial charge >= 0.3 is 0 Å². The van der Waals surface area contributed by atoms with Crippen molar-refractivity contribution in [1.29, 1.82) is 0 Å². The number of hydrogen-bond acceptors (Lipinski definition) is 3. The Labute approximate surface area is 107 Å². The number of carbonyl (C=O) groups is 1. The standard InChI is InChI=1S/C13H19N3O2/c1-7-4-10(18)5-8(2)11(7)6-12(9(3)17)16-13(14)15/h4-5,12,18H,6H2,1-3H3,(H4,14,15,16). The highest BCUT2D eigenvalue weighted by molar-refractivity contribution is 5.86. The minimum atomic E-state index is -0.572. The molecule has 0 saturated carbocycles. The normalized spacial score (nSPS) is 11.9. The van der Waals surface area contributed by atoms with Crippen molar-refractivity contribution >= 4 is 11.7 Å². The molecule has 0 aliphatic heterocycles. The first-order valence-electron chi connectivity index (χ1n) is 5.69. The van der Waals surface area contributed by atoms with E-state index in [1.54, 1.807) is 12.1 Å². The second-order valence-electron chi connectivity index (χ2n) is 4.44. The topological polar surface area (TPSA) is 102 Å². The number of carbonyl (C=O) groups excluding carboxylic acids is 1. The summed E-state index contributed by atoms with van der Waals surface area (Å²) in [5.41, 5.74) is 13.5. The number of aliphatic imine (C=N–C) groups is 1. The highest BCUT2D eigenvalue weighted by Gasteiger charge is 2.17. The molecule has 1 atom stereocenters. The van der Waals surface area contributed by atoms with Crippen LogP contribution in [0.15, 0.2) is 17.1 Å². The smallest absolute Gasteiger partial charge is 0.186 e. The molecule has 0 aliphatic carbocycles. The van der Waals surface area contributed by atoms with Crippen LogP contribution in [-0.4, -0.2) is 22.9 Å². The van der Waals surface area contributed by atoms with Gasteiger partial charge in [0.05, 0.1) is 0 Å². The lowest BCUT2D eigenvalue weighted by molar-refractivity contribution is -0.118. The summed E-state index contributed by atoms with van der Waals surface area (Å²) in [6.45, 7) is 5.23. The van der Waals surface area contributed by atoms with Gasteiger partial charge in [-0.25, -0.2) is 4.99 Å². The molecule has 0 amide bonds. The average molecular weight is 249 g/mol. The number of benzene rings is 1. The molecule has 0 aliphatic rings. The average Bonchev–Trinajstić information content (AvgIpc) is 2.20. The third-order valence-corrected chi connectivity index (χ3v) is 2.85. The van der Waals surface area contributed by atoms with Crippen LogP contribution in [0.5, 0.6) is 5.75 Å². The molecule has 0 aromatic heterocycles. The third kappa shape index (κ3) is 3.48. The van der Waals surface area contributed by atoms with Crippen molar-refractivity contribution in [2.45, 2.75) is 33.2 Å². The van der Waals surface area contributed by atoms with Gasteiger partial charge in [-0.1, -0.05) is 0 Å². The number of aromatic hydroxyl groups is 1. The Bertz CT molecular complexity index is 468.